The second-order valence-corrected chi connectivity index (χ2v) is 9.15. The molecule has 0 saturated heterocycles. The van der Waals surface area contributed by atoms with E-state index in [9.17, 15) is 9.90 Å². The highest BCUT2D eigenvalue weighted by Gasteiger charge is 2.46. The number of hydrogen-bond acceptors (Lipinski definition) is 4. The number of hydrogen-bond donors (Lipinski definition) is 3. The molecule has 0 radical (unpaired) electrons. The fraction of sp³-hybridized carbons (Fsp3) is 0.296. The fourth-order valence-electron chi connectivity index (χ4n) is 4.10. The highest BCUT2D eigenvalue weighted by Crippen LogP contribution is 2.43. The number of aliphatic hydroxyl groups excluding tert-OH is 1. The zero-order valence-electron chi connectivity index (χ0n) is 18.7. The third kappa shape index (κ3) is 5.17. The third-order valence-corrected chi connectivity index (χ3v) is 5.80. The lowest BCUT2D eigenvalue weighted by Gasteiger charge is -2.43. The van der Waals surface area contributed by atoms with Gasteiger partial charge in [-0.05, 0) is 37.5 Å². The normalized spacial score (nSPS) is 13.8. The van der Waals surface area contributed by atoms with Crippen LogP contribution in [0.2, 0.25) is 0 Å². The molecule has 1 amide bonds. The van der Waals surface area contributed by atoms with Gasteiger partial charge in [-0.25, -0.2) is 4.79 Å². The molecular formula is C27H31NO3S. The quantitative estimate of drug-likeness (QED) is 0.343. The van der Waals surface area contributed by atoms with Gasteiger partial charge in [0.1, 0.15) is 5.60 Å². The summed E-state index contributed by atoms with van der Waals surface area (Å²) in [6.07, 6.45) is -1.61. The molecule has 0 aliphatic rings. The Hall–Kier alpha value is -2.76. The van der Waals surface area contributed by atoms with Gasteiger partial charge in [0, 0.05) is 5.75 Å². The number of ether oxygens (including phenoxy) is 1. The molecule has 32 heavy (non-hydrogen) atoms. The van der Waals surface area contributed by atoms with Crippen LogP contribution in [-0.4, -0.2) is 34.7 Å². The molecule has 3 rings (SSSR count). The van der Waals surface area contributed by atoms with Crippen molar-refractivity contribution >= 4 is 18.7 Å². The summed E-state index contributed by atoms with van der Waals surface area (Å²) in [4.78, 5) is 12.6. The van der Waals surface area contributed by atoms with Crippen molar-refractivity contribution in [1.29, 1.82) is 0 Å². The first-order valence-corrected chi connectivity index (χ1v) is 11.4. The largest absolute Gasteiger partial charge is 0.444 e. The summed E-state index contributed by atoms with van der Waals surface area (Å²) in [5.74, 6) is 0.231. The number of amides is 1. The molecule has 0 aliphatic heterocycles. The van der Waals surface area contributed by atoms with Gasteiger partial charge in [0.2, 0.25) is 0 Å². The number of thiol groups is 1. The second-order valence-electron chi connectivity index (χ2n) is 8.79. The summed E-state index contributed by atoms with van der Waals surface area (Å²) >= 11 is 4.48. The molecule has 168 valence electrons. The molecule has 2 N–H and O–H groups in total. The van der Waals surface area contributed by atoms with Crippen molar-refractivity contribution in [2.45, 2.75) is 43.9 Å². The first kappa shape index (κ1) is 23.9. The van der Waals surface area contributed by atoms with Gasteiger partial charge in [0.05, 0.1) is 17.6 Å². The second kappa shape index (κ2) is 10.2. The maximum atomic E-state index is 12.6. The van der Waals surface area contributed by atoms with Crippen LogP contribution in [0.4, 0.5) is 4.79 Å². The Bertz CT molecular complexity index is 891. The Morgan fingerprint density at radius 2 is 1.22 bits per heavy atom. The number of nitrogens with one attached hydrogen (secondary N) is 1. The molecule has 5 heteroatoms. The lowest BCUT2D eigenvalue weighted by Crippen LogP contribution is -2.56. The maximum absolute atomic E-state index is 12.6. The summed E-state index contributed by atoms with van der Waals surface area (Å²) in [7, 11) is 0. The monoisotopic (exact) mass is 449 g/mol. The number of rotatable bonds is 7. The maximum Gasteiger partial charge on any atom is 0.407 e. The minimum Gasteiger partial charge on any atom is -0.444 e. The molecule has 3 aromatic carbocycles. The average Bonchev–Trinajstić information content (AvgIpc) is 2.79. The molecule has 2 atom stereocenters. The van der Waals surface area contributed by atoms with Crippen LogP contribution in [0.5, 0.6) is 0 Å². The Morgan fingerprint density at radius 3 is 1.53 bits per heavy atom. The molecule has 0 heterocycles. The van der Waals surface area contributed by atoms with Gasteiger partial charge in [0.15, 0.2) is 0 Å². The van der Waals surface area contributed by atoms with E-state index in [-0.39, 0.29) is 5.75 Å². The van der Waals surface area contributed by atoms with Crippen molar-refractivity contribution in [2.75, 3.05) is 5.75 Å². The minimum atomic E-state index is -1.03. The number of alkyl carbamates (subject to hydrolysis) is 1. The molecule has 0 fully saturated rings. The van der Waals surface area contributed by atoms with Crippen LogP contribution in [0.15, 0.2) is 91.0 Å². The molecule has 0 aromatic heterocycles. The van der Waals surface area contributed by atoms with E-state index in [1.165, 1.54) is 0 Å². The summed E-state index contributed by atoms with van der Waals surface area (Å²) in [5.41, 5.74) is 1.17. The smallest absolute Gasteiger partial charge is 0.407 e. The van der Waals surface area contributed by atoms with E-state index in [2.05, 4.69) is 17.9 Å². The van der Waals surface area contributed by atoms with Gasteiger partial charge in [-0.2, -0.15) is 12.6 Å². The SMILES string of the molecule is CC(C)(C)OC(=O)N[C@@H](CS)C(O)C(c1ccccc1)(c1ccccc1)c1ccccc1. The standard InChI is InChI=1S/C27H31NO3S/c1-26(2,3)31-25(30)28-23(19-32)24(29)27(20-13-7-4-8-14-20,21-15-9-5-10-16-21)22-17-11-6-12-18-22/h4-18,23-24,29,32H,19H2,1-3H3,(H,28,30)/t23-,24?/m0/s1. The summed E-state index contributed by atoms with van der Waals surface area (Å²) < 4.78 is 5.45. The number of carbonyl (C=O) groups is 1. The van der Waals surface area contributed by atoms with Crippen LogP contribution >= 0.6 is 12.6 Å². The van der Waals surface area contributed by atoms with Crippen molar-refractivity contribution in [3.05, 3.63) is 108 Å². The van der Waals surface area contributed by atoms with Crippen LogP contribution < -0.4 is 5.32 Å². The zero-order valence-corrected chi connectivity index (χ0v) is 19.6. The van der Waals surface area contributed by atoms with E-state index in [0.717, 1.165) is 16.7 Å². The van der Waals surface area contributed by atoms with Crippen molar-refractivity contribution in [3.63, 3.8) is 0 Å². The Morgan fingerprint density at radius 1 is 0.844 bits per heavy atom. The van der Waals surface area contributed by atoms with Gasteiger partial charge in [-0.3, -0.25) is 0 Å². The van der Waals surface area contributed by atoms with Crippen molar-refractivity contribution in [2.24, 2.45) is 0 Å². The van der Waals surface area contributed by atoms with Crippen molar-refractivity contribution < 1.29 is 14.6 Å². The van der Waals surface area contributed by atoms with Crippen molar-refractivity contribution in [1.82, 2.24) is 5.32 Å². The van der Waals surface area contributed by atoms with E-state index < -0.39 is 29.3 Å². The van der Waals surface area contributed by atoms with E-state index >= 15 is 0 Å². The fourth-order valence-corrected chi connectivity index (χ4v) is 4.39. The molecule has 3 aromatic rings. The van der Waals surface area contributed by atoms with Crippen LogP contribution in [-0.2, 0) is 10.2 Å². The average molecular weight is 450 g/mol. The van der Waals surface area contributed by atoms with Crippen LogP contribution in [0.25, 0.3) is 0 Å². The Labute approximate surface area is 196 Å². The summed E-state index contributed by atoms with van der Waals surface area (Å²) in [6.45, 7) is 5.42. The Balaban J connectivity index is 2.18. The Kier molecular flexibility index (Phi) is 7.64. The molecular weight excluding hydrogens is 418 g/mol. The van der Waals surface area contributed by atoms with Gasteiger partial charge in [-0.1, -0.05) is 91.0 Å². The van der Waals surface area contributed by atoms with Crippen LogP contribution in [0, 0.1) is 0 Å². The molecule has 0 aliphatic carbocycles. The minimum absolute atomic E-state index is 0.231. The molecule has 0 spiro atoms. The van der Waals surface area contributed by atoms with Gasteiger partial charge in [0.25, 0.3) is 0 Å². The number of benzene rings is 3. The molecule has 1 unspecified atom stereocenters. The van der Waals surface area contributed by atoms with Gasteiger partial charge >= 0.3 is 6.09 Å². The van der Waals surface area contributed by atoms with E-state index in [4.69, 9.17) is 4.74 Å². The zero-order chi connectivity index (χ0) is 23.2. The number of carbonyl (C=O) groups excluding carboxylic acids is 1. The lowest BCUT2D eigenvalue weighted by atomic mass is 9.64. The highest BCUT2D eigenvalue weighted by atomic mass is 32.1. The van der Waals surface area contributed by atoms with Crippen LogP contribution in [0.3, 0.4) is 0 Å². The van der Waals surface area contributed by atoms with E-state index in [0.29, 0.717) is 0 Å². The predicted molar refractivity (Wildman–Crippen MR) is 132 cm³/mol. The predicted octanol–water partition coefficient (Wildman–Crippen LogP) is 5.21. The van der Waals surface area contributed by atoms with Crippen molar-refractivity contribution in [3.8, 4) is 0 Å². The highest BCUT2D eigenvalue weighted by molar-refractivity contribution is 7.80. The number of aliphatic hydroxyl groups is 1. The lowest BCUT2D eigenvalue weighted by molar-refractivity contribution is 0.0380. The summed E-state index contributed by atoms with van der Waals surface area (Å²) in [6, 6.07) is 29.0. The third-order valence-electron chi connectivity index (χ3n) is 5.41. The molecule has 0 saturated carbocycles. The van der Waals surface area contributed by atoms with Crippen LogP contribution in [0.1, 0.15) is 37.5 Å². The first-order valence-electron chi connectivity index (χ1n) is 10.7. The first-order chi connectivity index (χ1) is 15.3. The van der Waals surface area contributed by atoms with Gasteiger partial charge in [-0.15, -0.1) is 0 Å². The topological polar surface area (TPSA) is 58.6 Å². The summed E-state index contributed by atoms with van der Waals surface area (Å²) in [5, 5.41) is 14.9. The van der Waals surface area contributed by atoms with E-state index in [1.54, 1.807) is 20.8 Å². The molecule has 0 bridgehead atoms. The van der Waals surface area contributed by atoms with Gasteiger partial charge < -0.3 is 15.2 Å². The van der Waals surface area contributed by atoms with E-state index in [1.807, 2.05) is 91.0 Å². The molecule has 4 nitrogen and oxygen atoms in total.